The third-order valence-corrected chi connectivity index (χ3v) is 6.37. The van der Waals surface area contributed by atoms with E-state index in [9.17, 15) is 15.0 Å². The van der Waals surface area contributed by atoms with E-state index in [1.807, 2.05) is 0 Å². The number of carboxylic acid groups (broad SMARTS) is 1. The second-order valence-electron chi connectivity index (χ2n) is 7.99. The first-order valence-corrected chi connectivity index (χ1v) is 9.84. The van der Waals surface area contributed by atoms with E-state index >= 15 is 0 Å². The summed E-state index contributed by atoms with van der Waals surface area (Å²) in [6.45, 7) is 0. The lowest BCUT2D eigenvalue weighted by Crippen LogP contribution is -2.44. The van der Waals surface area contributed by atoms with E-state index in [-0.39, 0.29) is 12.3 Å². The number of allylic oxidation sites excluding steroid dienone is 2. The Morgan fingerprint density at radius 3 is 2.68 bits per heavy atom. The zero-order valence-electron chi connectivity index (χ0n) is 14.9. The number of fused-ring (bicyclic) bond motifs is 1. The van der Waals surface area contributed by atoms with Gasteiger partial charge in [-0.3, -0.25) is 4.79 Å². The molecule has 5 atom stereocenters. The van der Waals surface area contributed by atoms with Crippen LogP contribution in [0.3, 0.4) is 0 Å². The van der Waals surface area contributed by atoms with Gasteiger partial charge in [0.2, 0.25) is 0 Å². The van der Waals surface area contributed by atoms with Crippen molar-refractivity contribution in [2.75, 3.05) is 0 Å². The highest BCUT2D eigenvalue weighted by atomic mass is 16.4. The second kappa shape index (κ2) is 8.38. The zero-order chi connectivity index (χ0) is 17.8. The molecule has 25 heavy (non-hydrogen) atoms. The Kier molecular flexibility index (Phi) is 6.19. The second-order valence-corrected chi connectivity index (χ2v) is 7.99. The van der Waals surface area contributed by atoms with Crippen molar-refractivity contribution >= 4 is 5.97 Å². The van der Waals surface area contributed by atoms with Gasteiger partial charge in [0.1, 0.15) is 6.10 Å². The van der Waals surface area contributed by atoms with E-state index in [1.165, 1.54) is 24.8 Å². The van der Waals surface area contributed by atoms with Gasteiger partial charge in [0.05, 0.1) is 12.0 Å². The van der Waals surface area contributed by atoms with Crippen LogP contribution in [-0.2, 0) is 4.79 Å². The van der Waals surface area contributed by atoms with Gasteiger partial charge in [-0.1, -0.05) is 42.8 Å². The largest absolute Gasteiger partial charge is 0.481 e. The minimum Gasteiger partial charge on any atom is -0.481 e. The standard InChI is InChI=1S/C21H30O4/c22-19(14-5-2-1-3-6-14)11-10-17-18-13-15(7-4-8-21(24)25)16(18)9-12-20(17)23/h7,14,16-20,22-23H,1-6,8-9,12-13H2,(H,24,25)/t16-,17-,18+,19?,20-/m1/s1. The maximum atomic E-state index is 10.6. The van der Waals surface area contributed by atoms with Gasteiger partial charge in [-0.25, -0.2) is 0 Å². The number of carbonyl (C=O) groups is 1. The molecule has 3 N–H and O–H groups in total. The average molecular weight is 346 g/mol. The fraction of sp³-hybridized carbons (Fsp3) is 0.762. The number of aliphatic hydroxyl groups excluding tert-OH is 2. The predicted molar refractivity (Wildman–Crippen MR) is 95.6 cm³/mol. The van der Waals surface area contributed by atoms with Crippen LogP contribution in [0.15, 0.2) is 11.6 Å². The Morgan fingerprint density at radius 1 is 1.20 bits per heavy atom. The molecule has 1 unspecified atom stereocenters. The smallest absolute Gasteiger partial charge is 0.303 e. The highest BCUT2D eigenvalue weighted by Gasteiger charge is 2.46. The van der Waals surface area contributed by atoms with E-state index < -0.39 is 18.2 Å². The van der Waals surface area contributed by atoms with Gasteiger partial charge in [-0.2, -0.15) is 0 Å². The minimum absolute atomic E-state index is 0.0476. The third-order valence-electron chi connectivity index (χ3n) is 6.37. The summed E-state index contributed by atoms with van der Waals surface area (Å²) >= 11 is 0. The molecule has 0 amide bonds. The van der Waals surface area contributed by atoms with Gasteiger partial charge >= 0.3 is 5.97 Å². The molecule has 3 rings (SSSR count). The molecule has 0 aromatic heterocycles. The number of rotatable bonds is 4. The topological polar surface area (TPSA) is 77.8 Å². The summed E-state index contributed by atoms with van der Waals surface area (Å²) in [7, 11) is 0. The first-order valence-electron chi connectivity index (χ1n) is 9.84. The molecule has 0 aromatic carbocycles. The maximum Gasteiger partial charge on any atom is 0.303 e. The summed E-state index contributed by atoms with van der Waals surface area (Å²) in [4.78, 5) is 10.6. The summed E-state index contributed by atoms with van der Waals surface area (Å²) in [6.07, 6.45) is 10.3. The van der Waals surface area contributed by atoms with E-state index in [0.29, 0.717) is 24.2 Å². The molecule has 0 aliphatic heterocycles. The quantitative estimate of drug-likeness (QED) is 0.540. The van der Waals surface area contributed by atoms with Crippen molar-refractivity contribution in [3.05, 3.63) is 11.6 Å². The Hall–Kier alpha value is -1.31. The Balaban J connectivity index is 1.58. The molecule has 0 saturated heterocycles. The van der Waals surface area contributed by atoms with Crippen LogP contribution >= 0.6 is 0 Å². The summed E-state index contributed by atoms with van der Waals surface area (Å²) < 4.78 is 0. The summed E-state index contributed by atoms with van der Waals surface area (Å²) in [5.41, 5.74) is 1.35. The van der Waals surface area contributed by atoms with Gasteiger partial charge in [-0.05, 0) is 56.3 Å². The lowest BCUT2D eigenvalue weighted by molar-refractivity contribution is -0.136. The van der Waals surface area contributed by atoms with Crippen LogP contribution in [0.5, 0.6) is 0 Å². The monoisotopic (exact) mass is 346 g/mol. The van der Waals surface area contributed by atoms with E-state index in [0.717, 1.165) is 32.1 Å². The molecule has 3 aliphatic rings. The SMILES string of the molecule is O=C(O)CCC=C1C[C@@H]2[C@@H](C#CC(O)C3CCCCC3)[C@H](O)CC[C@H]12. The lowest BCUT2D eigenvalue weighted by Gasteiger charge is -2.48. The first-order chi connectivity index (χ1) is 12.1. The number of hydrogen-bond acceptors (Lipinski definition) is 3. The van der Waals surface area contributed by atoms with E-state index in [2.05, 4.69) is 17.9 Å². The third kappa shape index (κ3) is 4.46. The van der Waals surface area contributed by atoms with Crippen molar-refractivity contribution in [1.82, 2.24) is 0 Å². The molecule has 4 nitrogen and oxygen atoms in total. The predicted octanol–water partition coefficient (Wildman–Crippen LogP) is 3.13. The number of carboxylic acids is 1. The van der Waals surface area contributed by atoms with Gasteiger partial charge in [0.15, 0.2) is 0 Å². The van der Waals surface area contributed by atoms with E-state index in [1.54, 1.807) is 0 Å². The summed E-state index contributed by atoms with van der Waals surface area (Å²) in [6, 6.07) is 0. The van der Waals surface area contributed by atoms with Crippen LogP contribution in [0.25, 0.3) is 0 Å². The summed E-state index contributed by atoms with van der Waals surface area (Å²) in [5.74, 6) is 6.59. The molecule has 0 bridgehead atoms. The van der Waals surface area contributed by atoms with Crippen molar-refractivity contribution in [3.63, 3.8) is 0 Å². The molecule has 0 spiro atoms. The van der Waals surface area contributed by atoms with Gasteiger partial charge < -0.3 is 15.3 Å². The molecule has 3 fully saturated rings. The van der Waals surface area contributed by atoms with Crippen LogP contribution < -0.4 is 0 Å². The Morgan fingerprint density at radius 2 is 1.96 bits per heavy atom. The molecule has 0 aromatic rings. The summed E-state index contributed by atoms with van der Waals surface area (Å²) in [5, 5.41) is 29.5. The van der Waals surface area contributed by atoms with Crippen molar-refractivity contribution in [2.24, 2.45) is 23.7 Å². The zero-order valence-corrected chi connectivity index (χ0v) is 14.9. The van der Waals surface area contributed by atoms with Crippen LogP contribution in [0.2, 0.25) is 0 Å². The van der Waals surface area contributed by atoms with Gasteiger partial charge in [0, 0.05) is 6.42 Å². The van der Waals surface area contributed by atoms with E-state index in [4.69, 9.17) is 5.11 Å². The number of hydrogen-bond donors (Lipinski definition) is 3. The molecule has 0 heterocycles. The fourth-order valence-corrected chi connectivity index (χ4v) is 4.84. The molecule has 3 aliphatic carbocycles. The van der Waals surface area contributed by atoms with Gasteiger partial charge in [0.25, 0.3) is 0 Å². The Labute approximate surface area is 150 Å². The van der Waals surface area contributed by atoms with Crippen LogP contribution in [0, 0.1) is 35.5 Å². The van der Waals surface area contributed by atoms with Crippen LogP contribution in [-0.4, -0.2) is 33.5 Å². The molecule has 4 heteroatoms. The maximum absolute atomic E-state index is 10.6. The van der Waals surface area contributed by atoms with Crippen molar-refractivity contribution < 1.29 is 20.1 Å². The minimum atomic E-state index is -0.757. The fourth-order valence-electron chi connectivity index (χ4n) is 4.84. The van der Waals surface area contributed by atoms with Crippen LogP contribution in [0.4, 0.5) is 0 Å². The van der Waals surface area contributed by atoms with Crippen molar-refractivity contribution in [3.8, 4) is 11.8 Å². The number of aliphatic hydroxyl groups is 2. The normalized spacial score (nSPS) is 35.2. The lowest BCUT2D eigenvalue weighted by atomic mass is 9.57. The molecule has 138 valence electrons. The molecule has 3 saturated carbocycles. The van der Waals surface area contributed by atoms with Crippen molar-refractivity contribution in [2.45, 2.75) is 76.4 Å². The Bertz CT molecular complexity index is 564. The highest BCUT2D eigenvalue weighted by Crippen LogP contribution is 2.51. The van der Waals surface area contributed by atoms with Crippen LogP contribution in [0.1, 0.15) is 64.2 Å². The molecule has 0 radical (unpaired) electrons. The van der Waals surface area contributed by atoms with Crippen molar-refractivity contribution in [1.29, 1.82) is 0 Å². The highest BCUT2D eigenvalue weighted by molar-refractivity contribution is 5.66. The number of aliphatic carboxylic acids is 1. The molecular formula is C21H30O4. The molecular weight excluding hydrogens is 316 g/mol. The van der Waals surface area contributed by atoms with Gasteiger partial charge in [-0.15, -0.1) is 0 Å². The average Bonchev–Trinajstić information content (AvgIpc) is 2.59. The first kappa shape index (κ1) is 18.5.